The first kappa shape index (κ1) is 11.6. The van der Waals surface area contributed by atoms with Gasteiger partial charge in [-0.05, 0) is 12.8 Å². The summed E-state index contributed by atoms with van der Waals surface area (Å²) in [4.78, 5) is 23.9. The normalized spacial score (nSPS) is 13.8. The molecule has 0 fully saturated rings. The molecule has 13 heavy (non-hydrogen) atoms. The first-order valence-electron chi connectivity index (χ1n) is 3.81. The van der Waals surface area contributed by atoms with Crippen molar-refractivity contribution in [1.82, 2.24) is 0 Å². The van der Waals surface area contributed by atoms with Crippen molar-refractivity contribution in [2.75, 3.05) is 6.54 Å². The zero-order valence-electron chi connectivity index (χ0n) is 7.14. The number of hydrogen-bond acceptors (Lipinski definition) is 4. The van der Waals surface area contributed by atoms with Crippen LogP contribution >= 0.6 is 0 Å². The van der Waals surface area contributed by atoms with E-state index in [-0.39, 0.29) is 5.84 Å². The Labute approximate surface area is 75.6 Å². The van der Waals surface area contributed by atoms with Gasteiger partial charge in [-0.3, -0.25) is 14.6 Å². The monoisotopic (exact) mass is 187 g/mol. The van der Waals surface area contributed by atoms with Gasteiger partial charge in [-0.15, -0.1) is 0 Å². The molecule has 0 saturated heterocycles. The van der Waals surface area contributed by atoms with E-state index in [1.165, 1.54) is 0 Å². The van der Waals surface area contributed by atoms with Crippen molar-refractivity contribution in [3.8, 4) is 0 Å². The molecule has 0 radical (unpaired) electrons. The second kappa shape index (κ2) is 6.13. The Morgan fingerprint density at radius 1 is 1.62 bits per heavy atom. The minimum Gasteiger partial charge on any atom is -0.480 e. The lowest BCUT2D eigenvalue weighted by atomic mass is 10.2. The zero-order chi connectivity index (χ0) is 10.3. The molecule has 0 rings (SSSR count). The molecule has 1 unspecified atom stereocenters. The van der Waals surface area contributed by atoms with E-state index < -0.39 is 12.0 Å². The van der Waals surface area contributed by atoms with Crippen LogP contribution in [0.3, 0.4) is 0 Å². The number of carbonyl (C=O) groups excluding carboxylic acids is 1. The van der Waals surface area contributed by atoms with Crippen molar-refractivity contribution < 1.29 is 14.7 Å². The predicted molar refractivity (Wildman–Crippen MR) is 47.4 cm³/mol. The largest absolute Gasteiger partial charge is 0.480 e. The Balaban J connectivity index is 3.57. The second-order valence-corrected chi connectivity index (χ2v) is 2.51. The lowest BCUT2D eigenvalue weighted by Crippen LogP contribution is -2.30. The minimum absolute atomic E-state index is 0.0797. The third-order valence-electron chi connectivity index (χ3n) is 1.41. The molecule has 0 bridgehead atoms. The number of hydrogen-bond donors (Lipinski definition) is 3. The Morgan fingerprint density at radius 3 is 2.69 bits per heavy atom. The minimum atomic E-state index is -1.03. The van der Waals surface area contributed by atoms with Crippen LogP contribution in [0.2, 0.25) is 0 Å². The molecule has 6 nitrogen and oxygen atoms in total. The maximum absolute atomic E-state index is 10.2. The molecule has 5 N–H and O–H groups in total. The summed E-state index contributed by atoms with van der Waals surface area (Å²) in [5, 5.41) is 8.39. The number of aldehydes is 1. The van der Waals surface area contributed by atoms with Crippen LogP contribution in [0, 0.1) is 0 Å². The fourth-order valence-corrected chi connectivity index (χ4v) is 0.680. The van der Waals surface area contributed by atoms with Crippen molar-refractivity contribution in [2.45, 2.75) is 18.9 Å². The van der Waals surface area contributed by atoms with Crippen LogP contribution in [0.5, 0.6) is 0 Å². The predicted octanol–water partition coefficient (Wildman–Crippen LogP) is -1.27. The highest BCUT2D eigenvalue weighted by atomic mass is 16.4. The summed E-state index contributed by atoms with van der Waals surface area (Å²) in [5.41, 5.74) is 10.3. The van der Waals surface area contributed by atoms with Crippen molar-refractivity contribution in [1.29, 1.82) is 0 Å². The Kier molecular flexibility index (Phi) is 5.45. The number of nitrogens with zero attached hydrogens (tertiary/aromatic N) is 1. The van der Waals surface area contributed by atoms with Crippen LogP contribution in [0.15, 0.2) is 4.99 Å². The van der Waals surface area contributed by atoms with Gasteiger partial charge in [0.2, 0.25) is 0 Å². The molecule has 74 valence electrons. The van der Waals surface area contributed by atoms with Crippen molar-refractivity contribution >= 4 is 18.1 Å². The molecule has 0 saturated carbocycles. The molecule has 1 atom stereocenters. The topological polar surface area (TPSA) is 119 Å². The van der Waals surface area contributed by atoms with Gasteiger partial charge in [-0.2, -0.15) is 0 Å². The Hall–Kier alpha value is -1.43. The van der Waals surface area contributed by atoms with Crippen LogP contribution in [0.25, 0.3) is 0 Å². The van der Waals surface area contributed by atoms with E-state index in [1.807, 2.05) is 0 Å². The first-order chi connectivity index (χ1) is 6.07. The number of aliphatic carboxylic acids is 1. The van der Waals surface area contributed by atoms with Gasteiger partial charge in [0.1, 0.15) is 6.04 Å². The van der Waals surface area contributed by atoms with Gasteiger partial charge in [0, 0.05) is 6.54 Å². The fraction of sp³-hybridized carbons (Fsp3) is 0.571. The van der Waals surface area contributed by atoms with Crippen LogP contribution in [-0.4, -0.2) is 35.8 Å². The first-order valence-corrected chi connectivity index (χ1v) is 3.81. The standard InChI is InChI=1S/C7H13N3O3/c8-5(7(12)13)2-1-3-10-6(9)4-11/h4-5H,1-3,8H2,(H2,9,10)(H,12,13). The number of carboxylic acids is 1. The van der Waals surface area contributed by atoms with Gasteiger partial charge >= 0.3 is 5.97 Å². The van der Waals surface area contributed by atoms with E-state index in [9.17, 15) is 9.59 Å². The van der Waals surface area contributed by atoms with Crippen LogP contribution in [0.4, 0.5) is 0 Å². The van der Waals surface area contributed by atoms with E-state index in [0.29, 0.717) is 25.7 Å². The molecule has 0 aromatic heterocycles. The molecular weight excluding hydrogens is 174 g/mol. The molecule has 0 aromatic carbocycles. The summed E-state index contributed by atoms with van der Waals surface area (Å²) in [5.74, 6) is -1.11. The molecular formula is C7H13N3O3. The van der Waals surface area contributed by atoms with Gasteiger partial charge in [-0.1, -0.05) is 0 Å². The quantitative estimate of drug-likeness (QED) is 0.207. The molecule has 0 spiro atoms. The molecule has 0 aliphatic heterocycles. The fourth-order valence-electron chi connectivity index (χ4n) is 0.680. The van der Waals surface area contributed by atoms with Crippen LogP contribution < -0.4 is 11.5 Å². The summed E-state index contributed by atoms with van der Waals surface area (Å²) < 4.78 is 0. The van der Waals surface area contributed by atoms with Crippen LogP contribution in [0.1, 0.15) is 12.8 Å². The van der Waals surface area contributed by atoms with Crippen molar-refractivity contribution in [2.24, 2.45) is 16.5 Å². The number of amidine groups is 1. The molecule has 0 aliphatic carbocycles. The molecule has 6 heteroatoms. The average Bonchev–Trinajstić information content (AvgIpc) is 2.11. The maximum Gasteiger partial charge on any atom is 0.320 e. The number of rotatable bonds is 6. The summed E-state index contributed by atoms with van der Waals surface area (Å²) in [6.45, 7) is 0.325. The Bertz CT molecular complexity index is 215. The number of carbonyl (C=O) groups is 2. The average molecular weight is 187 g/mol. The SMILES string of the molecule is NC(C=O)=NCCCC(N)C(=O)O. The number of aliphatic imine (C=N–C) groups is 1. The van der Waals surface area contributed by atoms with E-state index in [1.54, 1.807) is 0 Å². The van der Waals surface area contributed by atoms with E-state index in [4.69, 9.17) is 16.6 Å². The van der Waals surface area contributed by atoms with Gasteiger partial charge < -0.3 is 16.6 Å². The molecule has 0 heterocycles. The molecule has 0 aromatic rings. The van der Waals surface area contributed by atoms with E-state index in [0.717, 1.165) is 0 Å². The second-order valence-electron chi connectivity index (χ2n) is 2.51. The van der Waals surface area contributed by atoms with Gasteiger partial charge in [-0.25, -0.2) is 0 Å². The highest BCUT2D eigenvalue weighted by Gasteiger charge is 2.09. The summed E-state index contributed by atoms with van der Waals surface area (Å²) in [7, 11) is 0. The molecule has 0 amide bonds. The lowest BCUT2D eigenvalue weighted by molar-refractivity contribution is -0.138. The lowest BCUT2D eigenvalue weighted by Gasteiger charge is -2.03. The highest BCUT2D eigenvalue weighted by Crippen LogP contribution is 1.94. The van der Waals surface area contributed by atoms with Crippen LogP contribution in [-0.2, 0) is 9.59 Å². The summed E-state index contributed by atoms with van der Waals surface area (Å²) >= 11 is 0. The summed E-state index contributed by atoms with van der Waals surface area (Å²) in [6, 6.07) is -0.868. The van der Waals surface area contributed by atoms with E-state index >= 15 is 0 Å². The zero-order valence-corrected chi connectivity index (χ0v) is 7.14. The van der Waals surface area contributed by atoms with E-state index in [2.05, 4.69) is 4.99 Å². The third-order valence-corrected chi connectivity index (χ3v) is 1.41. The van der Waals surface area contributed by atoms with Gasteiger partial charge in [0.25, 0.3) is 0 Å². The highest BCUT2D eigenvalue weighted by molar-refractivity contribution is 6.26. The maximum atomic E-state index is 10.2. The summed E-state index contributed by atoms with van der Waals surface area (Å²) in [6.07, 6.45) is 1.27. The van der Waals surface area contributed by atoms with Gasteiger partial charge in [0.15, 0.2) is 12.1 Å². The van der Waals surface area contributed by atoms with Gasteiger partial charge in [0.05, 0.1) is 0 Å². The third kappa shape index (κ3) is 5.80. The molecule has 0 aliphatic rings. The van der Waals surface area contributed by atoms with Crippen molar-refractivity contribution in [3.63, 3.8) is 0 Å². The van der Waals surface area contributed by atoms with Crippen molar-refractivity contribution in [3.05, 3.63) is 0 Å². The number of carboxylic acid groups (broad SMARTS) is 1. The number of nitrogens with two attached hydrogens (primary N) is 2. The smallest absolute Gasteiger partial charge is 0.320 e. The Morgan fingerprint density at radius 2 is 2.23 bits per heavy atom.